The zero-order valence-electron chi connectivity index (χ0n) is 15.7. The van der Waals surface area contributed by atoms with Gasteiger partial charge in [0.05, 0.1) is 12.8 Å². The van der Waals surface area contributed by atoms with Gasteiger partial charge in [-0.2, -0.15) is 0 Å². The molecule has 0 heterocycles. The van der Waals surface area contributed by atoms with Crippen LogP contribution < -0.4 is 20.3 Å². The molecule has 1 amide bonds. The van der Waals surface area contributed by atoms with E-state index in [-0.39, 0.29) is 12.5 Å². The number of hydrogen-bond donors (Lipinski definition) is 2. The number of rotatable bonds is 7. The maximum atomic E-state index is 12.2. The van der Waals surface area contributed by atoms with Crippen LogP contribution in [0.25, 0.3) is 5.70 Å². The SMILES string of the molecule is COc1ccc(OCC(=O)NNC(=C2CCCCC2)c2ccccc2)cc1. The van der Waals surface area contributed by atoms with Gasteiger partial charge in [-0.25, -0.2) is 0 Å². The van der Waals surface area contributed by atoms with Crippen LogP contribution in [0.1, 0.15) is 37.7 Å². The molecule has 142 valence electrons. The summed E-state index contributed by atoms with van der Waals surface area (Å²) in [6.07, 6.45) is 5.79. The van der Waals surface area contributed by atoms with Gasteiger partial charge in [-0.05, 0) is 61.1 Å². The molecular formula is C22H26N2O3. The fourth-order valence-corrected chi connectivity index (χ4v) is 3.19. The number of carbonyl (C=O) groups is 1. The molecule has 0 spiro atoms. The first kappa shape index (κ1) is 18.8. The average Bonchev–Trinajstić information content (AvgIpc) is 2.74. The molecule has 1 aliphatic rings. The third-order valence-corrected chi connectivity index (χ3v) is 4.63. The molecule has 2 aromatic carbocycles. The molecule has 1 fully saturated rings. The topological polar surface area (TPSA) is 59.6 Å². The van der Waals surface area contributed by atoms with E-state index in [0.29, 0.717) is 5.75 Å². The molecule has 0 atom stereocenters. The normalized spacial score (nSPS) is 13.6. The highest BCUT2D eigenvalue weighted by molar-refractivity contribution is 5.79. The summed E-state index contributed by atoms with van der Waals surface area (Å²) in [6, 6.07) is 17.3. The molecule has 2 N–H and O–H groups in total. The number of methoxy groups -OCH3 is 1. The lowest BCUT2D eigenvalue weighted by Crippen LogP contribution is -2.39. The molecule has 2 aromatic rings. The Kier molecular flexibility index (Phi) is 6.74. The van der Waals surface area contributed by atoms with Gasteiger partial charge in [0.15, 0.2) is 6.61 Å². The summed E-state index contributed by atoms with van der Waals surface area (Å²) >= 11 is 0. The van der Waals surface area contributed by atoms with Crippen molar-refractivity contribution in [1.82, 2.24) is 10.9 Å². The van der Waals surface area contributed by atoms with Crippen LogP contribution in [0.15, 0.2) is 60.2 Å². The highest BCUT2D eigenvalue weighted by Crippen LogP contribution is 2.28. The Balaban J connectivity index is 1.58. The minimum atomic E-state index is -0.226. The summed E-state index contributed by atoms with van der Waals surface area (Å²) in [7, 11) is 1.61. The van der Waals surface area contributed by atoms with Gasteiger partial charge in [-0.1, -0.05) is 36.8 Å². The molecule has 1 aliphatic carbocycles. The van der Waals surface area contributed by atoms with E-state index < -0.39 is 0 Å². The van der Waals surface area contributed by atoms with Crippen molar-refractivity contribution in [3.05, 3.63) is 65.7 Å². The predicted octanol–water partition coefficient (Wildman–Crippen LogP) is 4.07. The van der Waals surface area contributed by atoms with Crippen LogP contribution in [0, 0.1) is 0 Å². The number of hydrogen-bond acceptors (Lipinski definition) is 4. The first-order valence-electron chi connectivity index (χ1n) is 9.35. The second-order valence-electron chi connectivity index (χ2n) is 6.54. The Morgan fingerprint density at radius 1 is 0.889 bits per heavy atom. The summed E-state index contributed by atoms with van der Waals surface area (Å²) in [4.78, 5) is 12.2. The van der Waals surface area contributed by atoms with Gasteiger partial charge in [-0.15, -0.1) is 0 Å². The molecule has 5 heteroatoms. The fourth-order valence-electron chi connectivity index (χ4n) is 3.19. The van der Waals surface area contributed by atoms with Crippen molar-refractivity contribution in [2.75, 3.05) is 13.7 Å². The van der Waals surface area contributed by atoms with Gasteiger partial charge in [0.1, 0.15) is 11.5 Å². The summed E-state index contributed by atoms with van der Waals surface area (Å²) in [5.41, 5.74) is 9.38. The van der Waals surface area contributed by atoms with E-state index in [1.54, 1.807) is 31.4 Å². The van der Waals surface area contributed by atoms with Gasteiger partial charge in [0.25, 0.3) is 5.91 Å². The second kappa shape index (κ2) is 9.67. The van der Waals surface area contributed by atoms with Crippen LogP contribution in [0.2, 0.25) is 0 Å². The summed E-state index contributed by atoms with van der Waals surface area (Å²) < 4.78 is 10.6. The maximum Gasteiger partial charge on any atom is 0.276 e. The number of benzene rings is 2. The summed E-state index contributed by atoms with van der Waals surface area (Å²) in [6.45, 7) is -0.0588. The number of hydrazine groups is 1. The fraction of sp³-hybridized carbons (Fsp3) is 0.318. The molecule has 5 nitrogen and oxygen atoms in total. The third-order valence-electron chi connectivity index (χ3n) is 4.63. The predicted molar refractivity (Wildman–Crippen MR) is 106 cm³/mol. The molecule has 0 bridgehead atoms. The lowest BCUT2D eigenvalue weighted by Gasteiger charge is -2.21. The lowest BCUT2D eigenvalue weighted by molar-refractivity contribution is -0.123. The Morgan fingerprint density at radius 2 is 1.56 bits per heavy atom. The van der Waals surface area contributed by atoms with Crippen molar-refractivity contribution in [3.63, 3.8) is 0 Å². The van der Waals surface area contributed by atoms with Crippen LogP contribution in [-0.2, 0) is 4.79 Å². The van der Waals surface area contributed by atoms with E-state index in [1.807, 2.05) is 18.2 Å². The Bertz CT molecular complexity index is 762. The van der Waals surface area contributed by atoms with Gasteiger partial charge in [0.2, 0.25) is 0 Å². The number of ether oxygens (including phenoxy) is 2. The molecule has 3 rings (SSSR count). The number of amides is 1. The third kappa shape index (κ3) is 5.51. The largest absolute Gasteiger partial charge is 0.497 e. The van der Waals surface area contributed by atoms with Crippen molar-refractivity contribution in [2.24, 2.45) is 0 Å². The summed E-state index contributed by atoms with van der Waals surface area (Å²) in [5, 5.41) is 0. The van der Waals surface area contributed by atoms with E-state index in [4.69, 9.17) is 9.47 Å². The highest BCUT2D eigenvalue weighted by atomic mass is 16.5. The zero-order valence-corrected chi connectivity index (χ0v) is 15.7. The van der Waals surface area contributed by atoms with Gasteiger partial charge < -0.3 is 9.47 Å². The molecule has 0 radical (unpaired) electrons. The van der Waals surface area contributed by atoms with E-state index in [1.165, 1.54) is 24.8 Å². The van der Waals surface area contributed by atoms with E-state index >= 15 is 0 Å². The molecular weight excluding hydrogens is 340 g/mol. The molecule has 0 saturated heterocycles. The second-order valence-corrected chi connectivity index (χ2v) is 6.54. The quantitative estimate of drug-likeness (QED) is 0.725. The van der Waals surface area contributed by atoms with Crippen molar-refractivity contribution in [3.8, 4) is 11.5 Å². The monoisotopic (exact) mass is 366 g/mol. The molecule has 0 unspecified atom stereocenters. The smallest absolute Gasteiger partial charge is 0.276 e. The Morgan fingerprint density at radius 3 is 2.22 bits per heavy atom. The van der Waals surface area contributed by atoms with E-state index in [2.05, 4.69) is 23.0 Å². The Hall–Kier alpha value is -2.95. The highest BCUT2D eigenvalue weighted by Gasteiger charge is 2.14. The van der Waals surface area contributed by atoms with Crippen molar-refractivity contribution < 1.29 is 14.3 Å². The molecule has 27 heavy (non-hydrogen) atoms. The number of nitrogens with one attached hydrogen (secondary N) is 2. The zero-order chi connectivity index (χ0) is 18.9. The molecule has 0 aromatic heterocycles. The molecule has 1 saturated carbocycles. The van der Waals surface area contributed by atoms with Crippen LogP contribution in [-0.4, -0.2) is 19.6 Å². The minimum absolute atomic E-state index is 0.0588. The van der Waals surface area contributed by atoms with Crippen LogP contribution in [0.3, 0.4) is 0 Å². The van der Waals surface area contributed by atoms with Crippen molar-refractivity contribution in [2.45, 2.75) is 32.1 Å². The van der Waals surface area contributed by atoms with Crippen LogP contribution in [0.5, 0.6) is 11.5 Å². The lowest BCUT2D eigenvalue weighted by atomic mass is 9.91. The first-order chi connectivity index (χ1) is 13.3. The average molecular weight is 366 g/mol. The van der Waals surface area contributed by atoms with Crippen LogP contribution >= 0.6 is 0 Å². The standard InChI is InChI=1S/C22H26N2O3/c1-26-19-12-14-20(15-13-19)27-16-21(25)23-24-22(17-8-4-2-5-9-17)18-10-6-3-7-11-18/h2,4-5,8-9,12-15,24H,3,6-7,10-11,16H2,1H3,(H,23,25). The minimum Gasteiger partial charge on any atom is -0.497 e. The van der Waals surface area contributed by atoms with Gasteiger partial charge in [0, 0.05) is 0 Å². The summed E-state index contributed by atoms with van der Waals surface area (Å²) in [5.74, 6) is 1.15. The number of allylic oxidation sites excluding steroid dienone is 1. The van der Waals surface area contributed by atoms with Crippen LogP contribution in [0.4, 0.5) is 0 Å². The van der Waals surface area contributed by atoms with E-state index in [0.717, 1.165) is 29.9 Å². The molecule has 0 aliphatic heterocycles. The van der Waals surface area contributed by atoms with Gasteiger partial charge in [-0.3, -0.25) is 15.6 Å². The van der Waals surface area contributed by atoms with Crippen molar-refractivity contribution in [1.29, 1.82) is 0 Å². The van der Waals surface area contributed by atoms with Crippen molar-refractivity contribution >= 4 is 11.6 Å². The maximum absolute atomic E-state index is 12.2. The van der Waals surface area contributed by atoms with Gasteiger partial charge >= 0.3 is 0 Å². The number of carbonyl (C=O) groups excluding carboxylic acids is 1. The van der Waals surface area contributed by atoms with E-state index in [9.17, 15) is 4.79 Å². The Labute approximate surface area is 160 Å². The first-order valence-corrected chi connectivity index (χ1v) is 9.35.